The molecule has 0 bridgehead atoms. The van der Waals surface area contributed by atoms with Gasteiger partial charge in [0.2, 0.25) is 0 Å². The van der Waals surface area contributed by atoms with E-state index < -0.39 is 6.10 Å². The molecule has 0 saturated carbocycles. The highest BCUT2D eigenvalue weighted by molar-refractivity contribution is 6.33. The van der Waals surface area contributed by atoms with Crippen molar-refractivity contribution in [2.75, 3.05) is 0 Å². The lowest BCUT2D eigenvalue weighted by atomic mass is 9.79. The molecule has 3 atom stereocenters. The van der Waals surface area contributed by atoms with Crippen LogP contribution in [0.5, 0.6) is 0 Å². The van der Waals surface area contributed by atoms with E-state index in [-0.39, 0.29) is 5.92 Å². The molecule has 3 unspecified atom stereocenters. The summed E-state index contributed by atoms with van der Waals surface area (Å²) < 4.78 is 0. The largest absolute Gasteiger partial charge is 0.388 e. The van der Waals surface area contributed by atoms with E-state index in [2.05, 4.69) is 26.0 Å². The highest BCUT2D eigenvalue weighted by Crippen LogP contribution is 2.41. The van der Waals surface area contributed by atoms with E-state index in [1.807, 2.05) is 18.2 Å². The summed E-state index contributed by atoms with van der Waals surface area (Å²) in [4.78, 5) is 0. The Hall–Kier alpha value is -1.02. The summed E-state index contributed by atoms with van der Waals surface area (Å²) in [5.41, 5.74) is 1.81. The minimum absolute atomic E-state index is 0.00725. The second-order valence-corrected chi connectivity index (χ2v) is 6.28. The topological polar surface area (TPSA) is 20.2 Å². The molecule has 3 heteroatoms. The Morgan fingerprint density at radius 1 is 1.05 bits per heavy atom. The van der Waals surface area contributed by atoms with Crippen molar-refractivity contribution in [3.8, 4) is 0 Å². The quantitative estimate of drug-likeness (QED) is 0.731. The summed E-state index contributed by atoms with van der Waals surface area (Å²) in [7, 11) is 0. The van der Waals surface area contributed by atoms with Gasteiger partial charge in [-0.1, -0.05) is 73.8 Å². The predicted molar refractivity (Wildman–Crippen MR) is 90.1 cm³/mol. The molecule has 0 heterocycles. The van der Waals surface area contributed by atoms with Crippen LogP contribution in [0, 0.1) is 5.92 Å². The Morgan fingerprint density at radius 3 is 2.33 bits per heavy atom. The number of benzene rings is 2. The number of hydrogen-bond acceptors (Lipinski definition) is 1. The highest BCUT2D eigenvalue weighted by Gasteiger charge is 2.28. The lowest BCUT2D eigenvalue weighted by Gasteiger charge is -2.29. The first-order chi connectivity index (χ1) is 10.0. The summed E-state index contributed by atoms with van der Waals surface area (Å²) in [5.74, 6) is 0.324. The van der Waals surface area contributed by atoms with Crippen LogP contribution in [0.25, 0.3) is 0 Å². The van der Waals surface area contributed by atoms with Gasteiger partial charge in [-0.05, 0) is 29.7 Å². The van der Waals surface area contributed by atoms with Crippen molar-refractivity contribution in [3.05, 3.63) is 69.7 Å². The van der Waals surface area contributed by atoms with E-state index in [0.29, 0.717) is 21.5 Å². The maximum absolute atomic E-state index is 10.9. The Kier molecular flexibility index (Phi) is 5.69. The van der Waals surface area contributed by atoms with Crippen molar-refractivity contribution in [1.82, 2.24) is 0 Å². The maximum Gasteiger partial charge on any atom is 0.0875 e. The van der Waals surface area contributed by atoms with Crippen LogP contribution >= 0.6 is 23.2 Å². The van der Waals surface area contributed by atoms with E-state index in [4.69, 9.17) is 23.2 Å². The van der Waals surface area contributed by atoms with E-state index in [9.17, 15) is 5.11 Å². The standard InChI is InChI=1S/C18H20Cl2O/c1-3-12(2)17(13-7-5-4-6-8-13)18(21)15-11-14(19)9-10-16(15)20/h4-12,17-18,21H,3H2,1-2H3. The Bertz CT molecular complexity index is 583. The summed E-state index contributed by atoms with van der Waals surface area (Å²) >= 11 is 12.3. The molecule has 1 nitrogen and oxygen atoms in total. The van der Waals surface area contributed by atoms with E-state index >= 15 is 0 Å². The Morgan fingerprint density at radius 2 is 1.71 bits per heavy atom. The molecule has 0 spiro atoms. The number of aliphatic hydroxyl groups excluding tert-OH is 1. The van der Waals surface area contributed by atoms with Crippen molar-refractivity contribution in [3.63, 3.8) is 0 Å². The smallest absolute Gasteiger partial charge is 0.0875 e. The van der Waals surface area contributed by atoms with Crippen LogP contribution in [0.1, 0.15) is 43.4 Å². The molecule has 21 heavy (non-hydrogen) atoms. The van der Waals surface area contributed by atoms with Gasteiger partial charge in [-0.2, -0.15) is 0 Å². The monoisotopic (exact) mass is 322 g/mol. The van der Waals surface area contributed by atoms with Gasteiger partial charge in [-0.15, -0.1) is 0 Å². The molecule has 2 aromatic carbocycles. The summed E-state index contributed by atoms with van der Waals surface area (Å²) in [6.45, 7) is 4.28. The zero-order valence-corrected chi connectivity index (χ0v) is 13.8. The maximum atomic E-state index is 10.9. The number of hydrogen-bond donors (Lipinski definition) is 1. The molecule has 2 rings (SSSR count). The Labute approximate surface area is 136 Å². The van der Waals surface area contributed by atoms with Crippen molar-refractivity contribution in [1.29, 1.82) is 0 Å². The van der Waals surface area contributed by atoms with Gasteiger partial charge in [0.1, 0.15) is 0 Å². The normalized spacial score (nSPS) is 15.5. The number of aliphatic hydroxyl groups is 1. The molecular weight excluding hydrogens is 303 g/mol. The fourth-order valence-electron chi connectivity index (χ4n) is 2.69. The lowest BCUT2D eigenvalue weighted by molar-refractivity contribution is 0.118. The average Bonchev–Trinajstić information content (AvgIpc) is 2.50. The van der Waals surface area contributed by atoms with Gasteiger partial charge in [-0.3, -0.25) is 0 Å². The second-order valence-electron chi connectivity index (χ2n) is 5.43. The van der Waals surface area contributed by atoms with Gasteiger partial charge in [0.05, 0.1) is 6.10 Å². The minimum atomic E-state index is -0.673. The van der Waals surface area contributed by atoms with Gasteiger partial charge in [0.15, 0.2) is 0 Å². The highest BCUT2D eigenvalue weighted by atomic mass is 35.5. The van der Waals surface area contributed by atoms with E-state index in [0.717, 1.165) is 12.0 Å². The number of halogens is 2. The van der Waals surface area contributed by atoms with Gasteiger partial charge >= 0.3 is 0 Å². The molecule has 0 amide bonds. The van der Waals surface area contributed by atoms with E-state index in [1.165, 1.54) is 0 Å². The molecule has 112 valence electrons. The Balaban J connectivity index is 2.43. The molecule has 0 saturated heterocycles. The van der Waals surface area contributed by atoms with Crippen LogP contribution in [-0.2, 0) is 0 Å². The van der Waals surface area contributed by atoms with E-state index in [1.54, 1.807) is 18.2 Å². The van der Waals surface area contributed by atoms with Crippen molar-refractivity contribution in [2.45, 2.75) is 32.3 Å². The average molecular weight is 323 g/mol. The molecular formula is C18H20Cl2O. The van der Waals surface area contributed by atoms with Crippen molar-refractivity contribution in [2.24, 2.45) is 5.92 Å². The van der Waals surface area contributed by atoms with Crippen LogP contribution in [0.2, 0.25) is 10.0 Å². The molecule has 0 aliphatic rings. The van der Waals surface area contributed by atoms with Crippen molar-refractivity contribution < 1.29 is 5.11 Å². The molecule has 0 aromatic heterocycles. The molecule has 0 radical (unpaired) electrons. The third kappa shape index (κ3) is 3.79. The number of rotatable bonds is 5. The third-order valence-electron chi connectivity index (χ3n) is 4.06. The van der Waals surface area contributed by atoms with Gasteiger partial charge < -0.3 is 5.11 Å². The third-order valence-corrected chi connectivity index (χ3v) is 4.64. The predicted octanol–water partition coefficient (Wildman–Crippen LogP) is 5.86. The van der Waals surface area contributed by atoms with Crippen LogP contribution in [0.4, 0.5) is 0 Å². The second kappa shape index (κ2) is 7.31. The van der Waals surface area contributed by atoms with Gasteiger partial charge in [0, 0.05) is 21.5 Å². The van der Waals surface area contributed by atoms with Crippen LogP contribution < -0.4 is 0 Å². The van der Waals surface area contributed by atoms with Crippen LogP contribution in [0.3, 0.4) is 0 Å². The SMILES string of the molecule is CCC(C)C(c1ccccc1)C(O)c1cc(Cl)ccc1Cl. The summed E-state index contributed by atoms with van der Waals surface area (Å²) in [5, 5.41) is 12.0. The van der Waals surface area contributed by atoms with Crippen LogP contribution in [-0.4, -0.2) is 5.11 Å². The summed E-state index contributed by atoms with van der Waals surface area (Å²) in [6, 6.07) is 15.3. The lowest BCUT2D eigenvalue weighted by Crippen LogP contribution is -2.18. The first-order valence-corrected chi connectivity index (χ1v) is 7.98. The minimum Gasteiger partial charge on any atom is -0.388 e. The molecule has 2 aromatic rings. The fraction of sp³-hybridized carbons (Fsp3) is 0.333. The molecule has 0 aliphatic carbocycles. The molecule has 0 aliphatic heterocycles. The van der Waals surface area contributed by atoms with Crippen molar-refractivity contribution >= 4 is 23.2 Å². The first kappa shape index (κ1) is 16.4. The van der Waals surface area contributed by atoms with Gasteiger partial charge in [0.25, 0.3) is 0 Å². The fourth-order valence-corrected chi connectivity index (χ4v) is 3.10. The molecule has 0 fully saturated rings. The molecule has 1 N–H and O–H groups in total. The zero-order valence-electron chi connectivity index (χ0n) is 12.3. The van der Waals surface area contributed by atoms with Gasteiger partial charge in [-0.25, -0.2) is 0 Å². The summed E-state index contributed by atoms with van der Waals surface area (Å²) in [6.07, 6.45) is 0.308. The van der Waals surface area contributed by atoms with Crippen LogP contribution in [0.15, 0.2) is 48.5 Å². The first-order valence-electron chi connectivity index (χ1n) is 7.22. The zero-order chi connectivity index (χ0) is 15.4.